The van der Waals surface area contributed by atoms with Crippen molar-refractivity contribution >= 4 is 33.7 Å². The van der Waals surface area contributed by atoms with Crippen molar-refractivity contribution in [2.75, 3.05) is 32.6 Å². The topological polar surface area (TPSA) is 120 Å². The van der Waals surface area contributed by atoms with E-state index in [0.29, 0.717) is 5.56 Å². The summed E-state index contributed by atoms with van der Waals surface area (Å²) in [5, 5.41) is 2.61. The molecule has 0 aromatic heterocycles. The van der Waals surface area contributed by atoms with Gasteiger partial charge in [0, 0.05) is 12.6 Å². The van der Waals surface area contributed by atoms with Crippen LogP contribution < -0.4 is 19.5 Å². The smallest absolute Gasteiger partial charge is 0.330 e. The Bertz CT molecular complexity index is 1140. The lowest BCUT2D eigenvalue weighted by molar-refractivity contribution is -0.134. The zero-order valence-corrected chi connectivity index (χ0v) is 18.7. The summed E-state index contributed by atoms with van der Waals surface area (Å²) < 4.78 is 44.1. The van der Waals surface area contributed by atoms with E-state index in [1.165, 1.54) is 57.7 Å². The van der Waals surface area contributed by atoms with Gasteiger partial charge in [-0.1, -0.05) is 18.2 Å². The molecular formula is C22H24N2O7S. The van der Waals surface area contributed by atoms with Crippen LogP contribution in [0.5, 0.6) is 11.5 Å². The Balaban J connectivity index is 2.54. The second kappa shape index (κ2) is 11.0. The van der Waals surface area contributed by atoms with Crippen LogP contribution in [0.25, 0.3) is 6.08 Å². The minimum absolute atomic E-state index is 0.0381. The van der Waals surface area contributed by atoms with Gasteiger partial charge in [0.2, 0.25) is 0 Å². The van der Waals surface area contributed by atoms with Crippen molar-refractivity contribution < 1.29 is 32.2 Å². The second-order valence-corrected chi connectivity index (χ2v) is 7.91. The maximum Gasteiger partial charge on any atom is 0.330 e. The SMILES string of the molecule is C=CCNC(=O)c1ccccc1NS(=O)(=O)c1cc(/C=C/C(=O)OC)cc(OC)c1OC. The summed E-state index contributed by atoms with van der Waals surface area (Å²) in [6.07, 6.45) is 4.03. The number of hydrogen-bond acceptors (Lipinski definition) is 7. The third kappa shape index (κ3) is 5.88. The highest BCUT2D eigenvalue weighted by Crippen LogP contribution is 2.37. The van der Waals surface area contributed by atoms with Gasteiger partial charge in [-0.2, -0.15) is 0 Å². The Labute approximate surface area is 186 Å². The summed E-state index contributed by atoms with van der Waals surface area (Å²) in [4.78, 5) is 23.6. The molecule has 1 amide bonds. The van der Waals surface area contributed by atoms with Gasteiger partial charge in [-0.15, -0.1) is 6.58 Å². The third-order valence-corrected chi connectivity index (χ3v) is 5.56. The van der Waals surface area contributed by atoms with Gasteiger partial charge < -0.3 is 19.5 Å². The van der Waals surface area contributed by atoms with Gasteiger partial charge in [0.25, 0.3) is 15.9 Å². The number of hydrogen-bond donors (Lipinski definition) is 2. The number of esters is 1. The number of amides is 1. The molecule has 0 aliphatic carbocycles. The summed E-state index contributed by atoms with van der Waals surface area (Å²) in [5.74, 6) is -0.981. The maximum atomic E-state index is 13.3. The van der Waals surface area contributed by atoms with Crippen LogP contribution >= 0.6 is 0 Å². The van der Waals surface area contributed by atoms with Crippen molar-refractivity contribution in [3.05, 3.63) is 66.3 Å². The standard InChI is InChI=1S/C22H24N2O7S/c1-5-12-23-22(26)16-8-6-7-9-17(16)24-32(27,28)19-14-15(10-11-20(25)30-3)13-18(29-2)21(19)31-4/h5-11,13-14,24H,1,12H2,2-4H3,(H,23,26)/b11-10+. The Morgan fingerprint density at radius 3 is 2.44 bits per heavy atom. The predicted molar refractivity (Wildman–Crippen MR) is 120 cm³/mol. The molecule has 0 atom stereocenters. The summed E-state index contributed by atoms with van der Waals surface area (Å²) in [7, 11) is -0.352. The second-order valence-electron chi connectivity index (χ2n) is 6.26. The lowest BCUT2D eigenvalue weighted by atomic mass is 10.1. The van der Waals surface area contributed by atoms with Crippen LogP contribution in [0.15, 0.2) is 60.0 Å². The molecule has 2 aromatic rings. The number of benzene rings is 2. The van der Waals surface area contributed by atoms with Crippen LogP contribution in [0.4, 0.5) is 5.69 Å². The molecule has 9 nitrogen and oxygen atoms in total. The van der Waals surface area contributed by atoms with Crippen LogP contribution in [0, 0.1) is 0 Å². The van der Waals surface area contributed by atoms with Crippen LogP contribution in [0.1, 0.15) is 15.9 Å². The van der Waals surface area contributed by atoms with Crippen molar-refractivity contribution in [3.8, 4) is 11.5 Å². The van der Waals surface area contributed by atoms with Crippen LogP contribution in [0.2, 0.25) is 0 Å². The minimum Gasteiger partial charge on any atom is -0.493 e. The molecule has 0 aliphatic heterocycles. The van der Waals surface area contributed by atoms with E-state index in [2.05, 4.69) is 21.4 Å². The first kappa shape index (κ1) is 24.5. The lowest BCUT2D eigenvalue weighted by Crippen LogP contribution is -2.25. The highest BCUT2D eigenvalue weighted by atomic mass is 32.2. The van der Waals surface area contributed by atoms with Gasteiger partial charge in [-0.3, -0.25) is 9.52 Å². The Morgan fingerprint density at radius 1 is 1.09 bits per heavy atom. The number of carbonyl (C=O) groups excluding carboxylic acids is 2. The average molecular weight is 461 g/mol. The van der Waals surface area contributed by atoms with Crippen molar-refractivity contribution in [3.63, 3.8) is 0 Å². The molecule has 0 aliphatic rings. The number of rotatable bonds is 10. The van der Waals surface area contributed by atoms with Crippen molar-refractivity contribution in [1.29, 1.82) is 0 Å². The largest absolute Gasteiger partial charge is 0.493 e. The summed E-state index contributed by atoms with van der Waals surface area (Å²) in [6.45, 7) is 3.76. The van der Waals surface area contributed by atoms with Gasteiger partial charge in [-0.05, 0) is 35.9 Å². The molecule has 10 heteroatoms. The molecule has 0 saturated heterocycles. The summed E-state index contributed by atoms with van der Waals surface area (Å²) in [6, 6.07) is 8.98. The molecule has 0 heterocycles. The first-order valence-corrected chi connectivity index (χ1v) is 10.8. The van der Waals surface area contributed by atoms with E-state index in [0.717, 1.165) is 6.08 Å². The monoisotopic (exact) mass is 460 g/mol. The molecule has 170 valence electrons. The quantitative estimate of drug-likeness (QED) is 0.318. The highest BCUT2D eigenvalue weighted by molar-refractivity contribution is 7.92. The normalized spacial score (nSPS) is 11.0. The zero-order chi connectivity index (χ0) is 23.7. The van der Waals surface area contributed by atoms with Crippen molar-refractivity contribution in [2.24, 2.45) is 0 Å². The van der Waals surface area contributed by atoms with Crippen LogP contribution in [0.3, 0.4) is 0 Å². The third-order valence-electron chi connectivity index (χ3n) is 4.19. The summed E-state index contributed by atoms with van der Waals surface area (Å²) in [5.41, 5.74) is 0.557. The van der Waals surface area contributed by atoms with E-state index in [4.69, 9.17) is 9.47 Å². The maximum absolute atomic E-state index is 13.3. The fourth-order valence-corrected chi connectivity index (χ4v) is 4.00. The molecule has 32 heavy (non-hydrogen) atoms. The lowest BCUT2D eigenvalue weighted by Gasteiger charge is -2.17. The van der Waals surface area contributed by atoms with Gasteiger partial charge >= 0.3 is 5.97 Å². The molecule has 0 unspecified atom stereocenters. The molecule has 2 aromatic carbocycles. The van der Waals surface area contributed by atoms with Gasteiger partial charge in [0.15, 0.2) is 11.5 Å². The Morgan fingerprint density at radius 2 is 1.81 bits per heavy atom. The van der Waals surface area contributed by atoms with Gasteiger partial charge in [-0.25, -0.2) is 13.2 Å². The van der Waals surface area contributed by atoms with E-state index in [1.54, 1.807) is 12.1 Å². The number of methoxy groups -OCH3 is 3. The predicted octanol–water partition coefficient (Wildman–Crippen LogP) is 2.61. The van der Waals surface area contributed by atoms with E-state index in [-0.39, 0.29) is 34.2 Å². The Hall–Kier alpha value is -3.79. The number of anilines is 1. The van der Waals surface area contributed by atoms with E-state index >= 15 is 0 Å². The van der Waals surface area contributed by atoms with Crippen LogP contribution in [-0.2, 0) is 19.6 Å². The summed E-state index contributed by atoms with van der Waals surface area (Å²) >= 11 is 0. The number of nitrogens with one attached hydrogen (secondary N) is 2. The molecule has 0 spiro atoms. The number of para-hydroxylation sites is 1. The fraction of sp³-hybridized carbons (Fsp3) is 0.182. The molecule has 0 fully saturated rings. The fourth-order valence-electron chi connectivity index (χ4n) is 2.71. The van der Waals surface area contributed by atoms with Gasteiger partial charge in [0.05, 0.1) is 32.6 Å². The highest BCUT2D eigenvalue weighted by Gasteiger charge is 2.25. The van der Waals surface area contributed by atoms with E-state index in [1.807, 2.05) is 0 Å². The number of sulfonamides is 1. The molecule has 2 N–H and O–H groups in total. The van der Waals surface area contributed by atoms with E-state index < -0.39 is 21.9 Å². The number of carbonyl (C=O) groups is 2. The number of ether oxygens (including phenoxy) is 3. The molecule has 0 radical (unpaired) electrons. The first-order chi connectivity index (χ1) is 15.3. The van der Waals surface area contributed by atoms with Crippen molar-refractivity contribution in [2.45, 2.75) is 4.90 Å². The van der Waals surface area contributed by atoms with Gasteiger partial charge in [0.1, 0.15) is 4.90 Å². The van der Waals surface area contributed by atoms with E-state index in [9.17, 15) is 18.0 Å². The zero-order valence-electron chi connectivity index (χ0n) is 17.9. The van der Waals surface area contributed by atoms with Crippen LogP contribution in [-0.4, -0.2) is 48.2 Å². The Kier molecular flexibility index (Phi) is 8.42. The molecule has 0 saturated carbocycles. The molecular weight excluding hydrogens is 436 g/mol. The first-order valence-electron chi connectivity index (χ1n) is 9.30. The molecule has 2 rings (SSSR count). The minimum atomic E-state index is -4.24. The van der Waals surface area contributed by atoms with Crippen molar-refractivity contribution in [1.82, 2.24) is 5.32 Å². The molecule has 0 bridgehead atoms. The average Bonchev–Trinajstić information content (AvgIpc) is 2.80.